The van der Waals surface area contributed by atoms with Crippen LogP contribution in [0.15, 0.2) is 12.3 Å². The number of halogens is 1. The second-order valence-electron chi connectivity index (χ2n) is 4.88. The number of pyridine rings is 1. The molecule has 0 bridgehead atoms. The maximum atomic E-state index is 6.29. The van der Waals surface area contributed by atoms with Crippen molar-refractivity contribution in [2.75, 3.05) is 18.0 Å². The number of nitrogens with one attached hydrogen (secondary N) is 1. The molecule has 0 amide bonds. The van der Waals surface area contributed by atoms with E-state index in [1.807, 2.05) is 12.3 Å². The van der Waals surface area contributed by atoms with E-state index >= 15 is 0 Å². The number of nitrogens with zero attached hydrogens (tertiary/aromatic N) is 2. The molecule has 1 aliphatic rings. The van der Waals surface area contributed by atoms with Crippen molar-refractivity contribution in [2.24, 2.45) is 0 Å². The highest BCUT2D eigenvalue weighted by molar-refractivity contribution is 6.33. The van der Waals surface area contributed by atoms with Crippen LogP contribution in [0.2, 0.25) is 5.02 Å². The van der Waals surface area contributed by atoms with Crippen LogP contribution >= 0.6 is 11.6 Å². The Morgan fingerprint density at radius 1 is 1.41 bits per heavy atom. The number of hydrogen-bond acceptors (Lipinski definition) is 3. The molecule has 4 heteroatoms. The molecule has 2 heterocycles. The average Bonchev–Trinajstić information content (AvgIpc) is 2.79. The summed E-state index contributed by atoms with van der Waals surface area (Å²) in [6.45, 7) is 7.25. The Balaban J connectivity index is 2.05. The lowest BCUT2D eigenvalue weighted by atomic mass is 10.2. The number of hydrogen-bond donors (Lipinski definition) is 1. The summed E-state index contributed by atoms with van der Waals surface area (Å²) < 4.78 is 0. The zero-order chi connectivity index (χ0) is 12.3. The first-order valence-electron chi connectivity index (χ1n) is 6.29. The Morgan fingerprint density at radius 3 is 2.71 bits per heavy atom. The molecule has 3 nitrogen and oxygen atoms in total. The van der Waals surface area contributed by atoms with E-state index in [1.54, 1.807) is 0 Å². The van der Waals surface area contributed by atoms with Crippen LogP contribution in [0.4, 0.5) is 5.82 Å². The third kappa shape index (κ3) is 3.33. The van der Waals surface area contributed by atoms with Gasteiger partial charge in [0.15, 0.2) is 0 Å². The zero-order valence-electron chi connectivity index (χ0n) is 10.5. The zero-order valence-corrected chi connectivity index (χ0v) is 11.3. The van der Waals surface area contributed by atoms with Gasteiger partial charge in [0.2, 0.25) is 0 Å². The predicted molar refractivity (Wildman–Crippen MR) is 72.7 cm³/mol. The Kier molecular flexibility index (Phi) is 4.24. The van der Waals surface area contributed by atoms with E-state index in [2.05, 4.69) is 29.0 Å². The fourth-order valence-corrected chi connectivity index (χ4v) is 2.36. The summed E-state index contributed by atoms with van der Waals surface area (Å²) in [6.07, 6.45) is 4.41. The molecule has 1 N–H and O–H groups in total. The van der Waals surface area contributed by atoms with Gasteiger partial charge in [-0.05, 0) is 24.5 Å². The van der Waals surface area contributed by atoms with Gasteiger partial charge in [0.05, 0.1) is 5.02 Å². The standard InChI is InChI=1S/C13H20ClN3/c1-10(2)15-8-11-7-12(14)13(16-9-11)17-5-3-4-6-17/h7,9-10,15H,3-6,8H2,1-2H3. The molecule has 0 unspecified atom stereocenters. The van der Waals surface area contributed by atoms with Crippen LogP contribution in [0, 0.1) is 0 Å². The normalized spacial score (nSPS) is 15.9. The summed E-state index contributed by atoms with van der Waals surface area (Å²) >= 11 is 6.29. The summed E-state index contributed by atoms with van der Waals surface area (Å²) in [5.41, 5.74) is 1.15. The van der Waals surface area contributed by atoms with Crippen molar-refractivity contribution < 1.29 is 0 Å². The minimum atomic E-state index is 0.479. The molecule has 17 heavy (non-hydrogen) atoms. The predicted octanol–water partition coefficient (Wildman–Crippen LogP) is 2.83. The third-order valence-electron chi connectivity index (χ3n) is 3.00. The molecule has 1 fully saturated rings. The summed E-state index contributed by atoms with van der Waals surface area (Å²) in [5.74, 6) is 0.942. The van der Waals surface area contributed by atoms with E-state index in [1.165, 1.54) is 12.8 Å². The quantitative estimate of drug-likeness (QED) is 0.895. The van der Waals surface area contributed by atoms with Gasteiger partial charge in [-0.2, -0.15) is 0 Å². The van der Waals surface area contributed by atoms with Crippen LogP contribution < -0.4 is 10.2 Å². The first kappa shape index (κ1) is 12.7. The topological polar surface area (TPSA) is 28.2 Å². The highest BCUT2D eigenvalue weighted by atomic mass is 35.5. The first-order valence-corrected chi connectivity index (χ1v) is 6.67. The highest BCUT2D eigenvalue weighted by Crippen LogP contribution is 2.26. The van der Waals surface area contributed by atoms with Gasteiger partial charge in [-0.15, -0.1) is 0 Å². The van der Waals surface area contributed by atoms with Crippen LogP contribution in [0.5, 0.6) is 0 Å². The lowest BCUT2D eigenvalue weighted by Crippen LogP contribution is -2.22. The minimum absolute atomic E-state index is 0.479. The van der Waals surface area contributed by atoms with Crippen molar-refractivity contribution in [1.82, 2.24) is 10.3 Å². The molecule has 94 valence electrons. The Morgan fingerprint density at radius 2 is 2.12 bits per heavy atom. The maximum absolute atomic E-state index is 6.29. The van der Waals surface area contributed by atoms with Crippen molar-refractivity contribution in [2.45, 2.75) is 39.3 Å². The van der Waals surface area contributed by atoms with Crippen LogP contribution in [-0.4, -0.2) is 24.1 Å². The minimum Gasteiger partial charge on any atom is -0.355 e. The van der Waals surface area contributed by atoms with Crippen molar-refractivity contribution in [3.63, 3.8) is 0 Å². The maximum Gasteiger partial charge on any atom is 0.147 e. The average molecular weight is 254 g/mol. The van der Waals surface area contributed by atoms with Gasteiger partial charge in [-0.25, -0.2) is 4.98 Å². The Labute approximate surface area is 108 Å². The molecule has 0 atom stereocenters. The van der Waals surface area contributed by atoms with Gasteiger partial charge in [0.25, 0.3) is 0 Å². The third-order valence-corrected chi connectivity index (χ3v) is 3.28. The smallest absolute Gasteiger partial charge is 0.147 e. The van der Waals surface area contributed by atoms with E-state index in [-0.39, 0.29) is 0 Å². The van der Waals surface area contributed by atoms with Crippen molar-refractivity contribution >= 4 is 17.4 Å². The molecule has 1 aliphatic heterocycles. The van der Waals surface area contributed by atoms with Gasteiger partial charge in [0, 0.05) is 31.9 Å². The monoisotopic (exact) mass is 253 g/mol. The molecule has 0 saturated carbocycles. The summed E-state index contributed by atoms with van der Waals surface area (Å²) in [5, 5.41) is 4.14. The number of aromatic nitrogens is 1. The van der Waals surface area contributed by atoms with Crippen LogP contribution in [0.1, 0.15) is 32.3 Å². The van der Waals surface area contributed by atoms with E-state index in [0.717, 1.165) is 36.0 Å². The second kappa shape index (κ2) is 5.69. The van der Waals surface area contributed by atoms with E-state index in [4.69, 9.17) is 11.6 Å². The van der Waals surface area contributed by atoms with Crippen molar-refractivity contribution in [1.29, 1.82) is 0 Å². The molecule has 1 saturated heterocycles. The van der Waals surface area contributed by atoms with Gasteiger partial charge in [-0.1, -0.05) is 25.4 Å². The molecular weight excluding hydrogens is 234 g/mol. The molecule has 1 aromatic heterocycles. The van der Waals surface area contributed by atoms with Crippen LogP contribution in [0.3, 0.4) is 0 Å². The fraction of sp³-hybridized carbons (Fsp3) is 0.615. The summed E-state index contributed by atoms with van der Waals surface area (Å²) in [4.78, 5) is 6.76. The van der Waals surface area contributed by atoms with Gasteiger partial charge < -0.3 is 10.2 Å². The molecule has 0 aromatic carbocycles. The van der Waals surface area contributed by atoms with Crippen molar-refractivity contribution in [3.8, 4) is 0 Å². The molecule has 0 spiro atoms. The van der Waals surface area contributed by atoms with Crippen LogP contribution in [0.25, 0.3) is 0 Å². The van der Waals surface area contributed by atoms with Gasteiger partial charge in [0.1, 0.15) is 5.82 Å². The fourth-order valence-electron chi connectivity index (χ4n) is 2.05. The largest absolute Gasteiger partial charge is 0.355 e. The highest BCUT2D eigenvalue weighted by Gasteiger charge is 2.16. The second-order valence-corrected chi connectivity index (χ2v) is 5.29. The molecule has 0 radical (unpaired) electrons. The Hall–Kier alpha value is -0.800. The lowest BCUT2D eigenvalue weighted by molar-refractivity contribution is 0.588. The lowest BCUT2D eigenvalue weighted by Gasteiger charge is -2.18. The first-order chi connectivity index (χ1) is 8.16. The Bertz CT molecular complexity index is 373. The molecule has 0 aliphatic carbocycles. The van der Waals surface area contributed by atoms with Gasteiger partial charge in [-0.3, -0.25) is 0 Å². The number of rotatable bonds is 4. The van der Waals surface area contributed by atoms with Crippen molar-refractivity contribution in [3.05, 3.63) is 22.8 Å². The molecule has 1 aromatic rings. The number of anilines is 1. The van der Waals surface area contributed by atoms with Gasteiger partial charge >= 0.3 is 0 Å². The molecule has 2 rings (SSSR count). The van der Waals surface area contributed by atoms with E-state index in [9.17, 15) is 0 Å². The van der Waals surface area contributed by atoms with E-state index in [0.29, 0.717) is 6.04 Å². The SMILES string of the molecule is CC(C)NCc1cnc(N2CCCC2)c(Cl)c1. The van der Waals surface area contributed by atoms with Crippen LogP contribution in [-0.2, 0) is 6.54 Å². The summed E-state index contributed by atoms with van der Waals surface area (Å²) in [6, 6.07) is 2.50. The van der Waals surface area contributed by atoms with E-state index < -0.39 is 0 Å². The molecular formula is C13H20ClN3. The summed E-state index contributed by atoms with van der Waals surface area (Å²) in [7, 11) is 0.